The second-order valence-corrected chi connectivity index (χ2v) is 5.98. The van der Waals surface area contributed by atoms with Gasteiger partial charge in [-0.25, -0.2) is 0 Å². The van der Waals surface area contributed by atoms with Gasteiger partial charge in [-0.1, -0.05) is 0 Å². The van der Waals surface area contributed by atoms with Crippen LogP contribution in [-0.4, -0.2) is 0 Å². The highest BCUT2D eigenvalue weighted by Crippen LogP contribution is 2.32. The first-order valence-corrected chi connectivity index (χ1v) is 6.99. The molecule has 14 heavy (non-hydrogen) atoms. The quantitative estimate of drug-likeness (QED) is 0.630. The highest BCUT2D eigenvalue weighted by atomic mass is 127. The molecule has 1 nitrogen and oxygen atoms in total. The van der Waals surface area contributed by atoms with Crippen molar-refractivity contribution in [3.8, 4) is 6.07 Å². The first-order valence-electron chi connectivity index (χ1n) is 3.95. The third kappa shape index (κ3) is 1.77. The topological polar surface area (TPSA) is 23.8 Å². The van der Waals surface area contributed by atoms with E-state index >= 15 is 0 Å². The van der Waals surface area contributed by atoms with Gasteiger partial charge in [0.2, 0.25) is 0 Å². The minimum Gasteiger partial charge on any atom is -0.198 e. The molecule has 0 atom stereocenters. The molecule has 70 valence electrons. The van der Waals surface area contributed by atoms with Crippen LogP contribution in [0.3, 0.4) is 0 Å². The Morgan fingerprint density at radius 3 is 2.93 bits per heavy atom. The zero-order chi connectivity index (χ0) is 10.1. The van der Waals surface area contributed by atoms with Gasteiger partial charge in [-0.2, -0.15) is 5.26 Å². The molecule has 0 bridgehead atoms. The fourth-order valence-corrected chi connectivity index (χ4v) is 3.75. The highest BCUT2D eigenvalue weighted by molar-refractivity contribution is 14.1. The molecular formula is C10H5I2NS. The average molecular weight is 425 g/mol. The first-order chi connectivity index (χ1) is 6.74. The molecule has 1 aromatic heterocycles. The van der Waals surface area contributed by atoms with Crippen molar-refractivity contribution in [1.29, 1.82) is 5.26 Å². The molecule has 1 aromatic carbocycles. The Bertz CT molecular complexity index is 525. The second kappa shape index (κ2) is 4.33. The summed E-state index contributed by atoms with van der Waals surface area (Å²) >= 11 is 6.36. The molecule has 0 spiro atoms. The molecule has 0 radical (unpaired) electrons. The zero-order valence-electron chi connectivity index (χ0n) is 7.05. The van der Waals surface area contributed by atoms with E-state index in [0.29, 0.717) is 6.42 Å². The number of rotatable bonds is 1. The van der Waals surface area contributed by atoms with Gasteiger partial charge in [-0.15, -0.1) is 11.3 Å². The number of thiophene rings is 1. The third-order valence-electron chi connectivity index (χ3n) is 1.98. The zero-order valence-corrected chi connectivity index (χ0v) is 12.2. The van der Waals surface area contributed by atoms with Crippen LogP contribution in [0, 0.1) is 18.5 Å². The van der Waals surface area contributed by atoms with E-state index in [1.54, 1.807) is 11.3 Å². The normalized spacial score (nSPS) is 10.4. The Morgan fingerprint density at radius 1 is 1.43 bits per heavy atom. The van der Waals surface area contributed by atoms with E-state index < -0.39 is 0 Å². The van der Waals surface area contributed by atoms with Gasteiger partial charge in [0.05, 0.1) is 12.5 Å². The predicted octanol–water partition coefficient (Wildman–Crippen LogP) is 4.18. The lowest BCUT2D eigenvalue weighted by Crippen LogP contribution is -1.90. The number of halogens is 2. The summed E-state index contributed by atoms with van der Waals surface area (Å²) in [5.41, 5.74) is 1.19. The van der Waals surface area contributed by atoms with Gasteiger partial charge in [0.25, 0.3) is 0 Å². The summed E-state index contributed by atoms with van der Waals surface area (Å²) in [5, 5.41) is 12.1. The Hall–Kier alpha value is 0.130. The lowest BCUT2D eigenvalue weighted by molar-refractivity contribution is 1.27. The number of hydrogen-bond donors (Lipinski definition) is 0. The van der Waals surface area contributed by atoms with E-state index in [0.717, 1.165) is 0 Å². The van der Waals surface area contributed by atoms with Crippen molar-refractivity contribution in [3.05, 3.63) is 30.2 Å². The van der Waals surface area contributed by atoms with Crippen LogP contribution in [0.1, 0.15) is 5.56 Å². The molecule has 2 aromatic rings. The van der Waals surface area contributed by atoms with Crippen LogP contribution in [0.25, 0.3) is 10.1 Å². The van der Waals surface area contributed by atoms with Crippen LogP contribution in [0.5, 0.6) is 0 Å². The van der Waals surface area contributed by atoms with E-state index in [9.17, 15) is 0 Å². The van der Waals surface area contributed by atoms with Crippen molar-refractivity contribution < 1.29 is 0 Å². The van der Waals surface area contributed by atoms with Gasteiger partial charge in [-0.05, 0) is 73.6 Å². The summed E-state index contributed by atoms with van der Waals surface area (Å²) in [6, 6.07) is 6.52. The molecule has 0 saturated carbocycles. The van der Waals surface area contributed by atoms with Crippen LogP contribution < -0.4 is 0 Å². The Labute approximate surface area is 113 Å². The molecule has 0 aliphatic rings. The van der Waals surface area contributed by atoms with Crippen LogP contribution in [0.15, 0.2) is 17.5 Å². The Kier molecular flexibility index (Phi) is 3.29. The summed E-state index contributed by atoms with van der Waals surface area (Å²) < 4.78 is 3.72. The van der Waals surface area contributed by atoms with Crippen molar-refractivity contribution in [3.63, 3.8) is 0 Å². The fourth-order valence-electron chi connectivity index (χ4n) is 1.36. The number of fused-ring (bicyclic) bond motifs is 1. The van der Waals surface area contributed by atoms with Gasteiger partial charge >= 0.3 is 0 Å². The molecule has 0 saturated heterocycles. The average Bonchev–Trinajstić information content (AvgIpc) is 2.60. The smallest absolute Gasteiger partial charge is 0.0670 e. The predicted molar refractivity (Wildman–Crippen MR) is 76.6 cm³/mol. The maximum atomic E-state index is 8.78. The highest BCUT2D eigenvalue weighted by Gasteiger charge is 2.10. The molecule has 2 rings (SSSR count). The van der Waals surface area contributed by atoms with E-state index in [2.05, 4.69) is 68.8 Å². The molecule has 0 N–H and O–H groups in total. The molecule has 1 heterocycles. The molecule has 4 heteroatoms. The summed E-state index contributed by atoms with van der Waals surface area (Å²) in [6.45, 7) is 0. The van der Waals surface area contributed by atoms with Crippen molar-refractivity contribution in [2.24, 2.45) is 0 Å². The SMILES string of the molecule is N#CCc1c(I)c(I)cc2ccsc12. The molecule has 0 fully saturated rings. The van der Waals surface area contributed by atoms with E-state index in [4.69, 9.17) is 5.26 Å². The summed E-state index contributed by atoms with van der Waals surface area (Å²) in [5.74, 6) is 0. The maximum absolute atomic E-state index is 8.78. The van der Waals surface area contributed by atoms with E-state index in [1.807, 2.05) is 0 Å². The lowest BCUT2D eigenvalue weighted by atomic mass is 10.1. The largest absolute Gasteiger partial charge is 0.198 e. The maximum Gasteiger partial charge on any atom is 0.0670 e. The number of benzene rings is 1. The van der Waals surface area contributed by atoms with E-state index in [1.165, 1.54) is 22.8 Å². The van der Waals surface area contributed by atoms with Gasteiger partial charge in [-0.3, -0.25) is 0 Å². The summed E-state index contributed by atoms with van der Waals surface area (Å²) in [6.07, 6.45) is 0.506. The van der Waals surface area contributed by atoms with Crippen molar-refractivity contribution in [2.45, 2.75) is 6.42 Å². The van der Waals surface area contributed by atoms with Crippen molar-refractivity contribution in [1.82, 2.24) is 0 Å². The van der Waals surface area contributed by atoms with Crippen LogP contribution >= 0.6 is 56.5 Å². The van der Waals surface area contributed by atoms with Gasteiger partial charge < -0.3 is 0 Å². The monoisotopic (exact) mass is 425 g/mol. The van der Waals surface area contributed by atoms with E-state index in [-0.39, 0.29) is 0 Å². The molecule has 0 amide bonds. The van der Waals surface area contributed by atoms with Crippen molar-refractivity contribution >= 4 is 66.6 Å². The summed E-state index contributed by atoms with van der Waals surface area (Å²) in [4.78, 5) is 0. The Balaban J connectivity index is 2.81. The number of nitrogens with zero attached hydrogens (tertiary/aromatic N) is 1. The summed E-state index contributed by atoms with van der Waals surface area (Å²) in [7, 11) is 0. The number of nitriles is 1. The minimum atomic E-state index is 0.506. The molecular weight excluding hydrogens is 420 g/mol. The fraction of sp³-hybridized carbons (Fsp3) is 0.100. The second-order valence-electron chi connectivity index (χ2n) is 2.82. The van der Waals surface area contributed by atoms with Gasteiger partial charge in [0, 0.05) is 11.8 Å². The van der Waals surface area contributed by atoms with Gasteiger partial charge in [0.1, 0.15) is 0 Å². The lowest BCUT2D eigenvalue weighted by Gasteiger charge is -2.04. The molecule has 0 aliphatic heterocycles. The molecule has 0 aliphatic carbocycles. The van der Waals surface area contributed by atoms with Crippen molar-refractivity contribution in [2.75, 3.05) is 0 Å². The minimum absolute atomic E-state index is 0.506. The van der Waals surface area contributed by atoms with Crippen LogP contribution in [0.4, 0.5) is 0 Å². The van der Waals surface area contributed by atoms with Crippen LogP contribution in [0.2, 0.25) is 0 Å². The Morgan fingerprint density at radius 2 is 2.21 bits per heavy atom. The standard InChI is InChI=1S/C10H5I2NS/c11-8-5-6-2-4-14-10(6)7(1-3-13)9(8)12/h2,4-5H,1H2. The number of hydrogen-bond acceptors (Lipinski definition) is 2. The van der Waals surface area contributed by atoms with Gasteiger partial charge in [0.15, 0.2) is 0 Å². The molecule has 0 unspecified atom stereocenters. The van der Waals surface area contributed by atoms with Crippen LogP contribution in [-0.2, 0) is 6.42 Å². The third-order valence-corrected chi connectivity index (χ3v) is 6.09. The first kappa shape index (κ1) is 10.6.